The third-order valence-corrected chi connectivity index (χ3v) is 5.00. The lowest BCUT2D eigenvalue weighted by Crippen LogP contribution is -2.31. The van der Waals surface area contributed by atoms with Gasteiger partial charge in [-0.1, -0.05) is 12.1 Å². The summed E-state index contributed by atoms with van der Waals surface area (Å²) < 4.78 is 15.7. The summed E-state index contributed by atoms with van der Waals surface area (Å²) in [5.74, 6) is 1.73. The van der Waals surface area contributed by atoms with Crippen molar-refractivity contribution in [2.45, 2.75) is 25.1 Å². The summed E-state index contributed by atoms with van der Waals surface area (Å²) in [6.45, 7) is 2.73. The van der Waals surface area contributed by atoms with Crippen LogP contribution in [0.4, 0.5) is 0 Å². The van der Waals surface area contributed by atoms with Crippen molar-refractivity contribution < 1.29 is 23.8 Å². The average Bonchev–Trinajstić information content (AvgIpc) is 3.08. The van der Waals surface area contributed by atoms with Gasteiger partial charge in [0.25, 0.3) is 0 Å². The normalized spacial score (nSPS) is 16.8. The maximum atomic E-state index is 12.5. The fraction of sp³-hybridized carbons (Fsp3) is 0.529. The van der Waals surface area contributed by atoms with Gasteiger partial charge in [0.15, 0.2) is 11.5 Å². The highest BCUT2D eigenvalue weighted by molar-refractivity contribution is 7.99. The summed E-state index contributed by atoms with van der Waals surface area (Å²) >= 11 is 1.68. The van der Waals surface area contributed by atoms with Crippen LogP contribution in [0.3, 0.4) is 0 Å². The van der Waals surface area contributed by atoms with Crippen LogP contribution in [-0.2, 0) is 14.3 Å². The van der Waals surface area contributed by atoms with Gasteiger partial charge in [-0.05, 0) is 13.0 Å². The highest BCUT2D eigenvalue weighted by atomic mass is 32.2. The molecule has 1 aromatic rings. The van der Waals surface area contributed by atoms with Gasteiger partial charge in [-0.2, -0.15) is 0 Å². The molecule has 1 atom stereocenters. The third-order valence-electron chi connectivity index (χ3n) is 3.76. The van der Waals surface area contributed by atoms with E-state index in [0.717, 1.165) is 11.3 Å². The standard InChI is InChI=1S/C17H23NO5S/c1-4-23-15(20)9-8-14(19)18-10-11-24-17(18)12-6-5-7-13(21-2)16(12)22-3/h5-7,17H,4,8-11H2,1-3H3/t17-/m1/s1. The van der Waals surface area contributed by atoms with Gasteiger partial charge in [0, 0.05) is 24.3 Å². The first-order valence-electron chi connectivity index (χ1n) is 7.90. The molecule has 6 nitrogen and oxygen atoms in total. The molecule has 1 amide bonds. The number of rotatable bonds is 7. The van der Waals surface area contributed by atoms with E-state index in [9.17, 15) is 9.59 Å². The second-order valence-corrected chi connectivity index (χ2v) is 6.39. The molecule has 0 N–H and O–H groups in total. The maximum absolute atomic E-state index is 12.5. The van der Waals surface area contributed by atoms with E-state index in [1.54, 1.807) is 37.8 Å². The summed E-state index contributed by atoms with van der Waals surface area (Å²) in [5, 5.41) is -0.134. The average molecular weight is 353 g/mol. The first-order chi connectivity index (χ1) is 11.6. The van der Waals surface area contributed by atoms with Crippen LogP contribution in [0.25, 0.3) is 0 Å². The zero-order valence-electron chi connectivity index (χ0n) is 14.2. The Labute approximate surface area is 146 Å². The second-order valence-electron chi connectivity index (χ2n) is 5.20. The molecule has 1 heterocycles. The number of amides is 1. The number of hydrogen-bond donors (Lipinski definition) is 0. The Morgan fingerprint density at radius 2 is 2.04 bits per heavy atom. The minimum absolute atomic E-state index is 0.0528. The molecule has 0 spiro atoms. The lowest BCUT2D eigenvalue weighted by Gasteiger charge is -2.26. The highest BCUT2D eigenvalue weighted by Gasteiger charge is 2.33. The topological polar surface area (TPSA) is 65.1 Å². The molecule has 24 heavy (non-hydrogen) atoms. The largest absolute Gasteiger partial charge is 0.493 e. The number of nitrogens with zero attached hydrogens (tertiary/aromatic N) is 1. The minimum Gasteiger partial charge on any atom is -0.493 e. The molecular formula is C17H23NO5S. The molecular weight excluding hydrogens is 330 g/mol. The molecule has 0 aliphatic carbocycles. The number of thioether (sulfide) groups is 1. The van der Waals surface area contributed by atoms with Gasteiger partial charge in [-0.3, -0.25) is 9.59 Å². The number of esters is 1. The quantitative estimate of drug-likeness (QED) is 0.702. The number of ether oxygens (including phenoxy) is 3. The second kappa shape index (κ2) is 8.82. The Morgan fingerprint density at radius 3 is 2.71 bits per heavy atom. The number of carbonyl (C=O) groups excluding carboxylic acids is 2. The van der Waals surface area contributed by atoms with Crippen molar-refractivity contribution in [1.29, 1.82) is 0 Å². The van der Waals surface area contributed by atoms with Crippen molar-refractivity contribution in [3.8, 4) is 11.5 Å². The zero-order chi connectivity index (χ0) is 17.5. The first-order valence-corrected chi connectivity index (χ1v) is 8.94. The predicted molar refractivity (Wildman–Crippen MR) is 92.3 cm³/mol. The van der Waals surface area contributed by atoms with Gasteiger partial charge in [-0.15, -0.1) is 11.8 Å². The van der Waals surface area contributed by atoms with E-state index >= 15 is 0 Å². The summed E-state index contributed by atoms with van der Waals surface area (Å²) in [4.78, 5) is 25.8. The molecule has 1 saturated heterocycles. The molecule has 1 aliphatic heterocycles. The molecule has 1 aromatic carbocycles. The van der Waals surface area contributed by atoms with Crippen molar-refractivity contribution in [2.75, 3.05) is 33.1 Å². The Morgan fingerprint density at radius 1 is 1.25 bits per heavy atom. The van der Waals surface area contributed by atoms with E-state index in [1.807, 2.05) is 18.2 Å². The fourth-order valence-electron chi connectivity index (χ4n) is 2.68. The van der Waals surface area contributed by atoms with Crippen LogP contribution in [0, 0.1) is 0 Å². The first kappa shape index (κ1) is 18.4. The number of carbonyl (C=O) groups is 2. The Kier molecular flexibility index (Phi) is 6.78. The lowest BCUT2D eigenvalue weighted by atomic mass is 10.1. The Hall–Kier alpha value is -1.89. The molecule has 0 saturated carbocycles. The van der Waals surface area contributed by atoms with E-state index in [1.165, 1.54) is 0 Å². The molecule has 0 unspecified atom stereocenters. The molecule has 2 rings (SSSR count). The summed E-state index contributed by atoms with van der Waals surface area (Å²) in [5.41, 5.74) is 0.906. The van der Waals surface area contributed by atoms with Crippen molar-refractivity contribution in [3.63, 3.8) is 0 Å². The summed E-state index contributed by atoms with van der Waals surface area (Å²) in [6.07, 6.45) is 0.262. The molecule has 0 radical (unpaired) electrons. The van der Waals surface area contributed by atoms with Gasteiger partial charge in [0.2, 0.25) is 5.91 Å². The van der Waals surface area contributed by atoms with Crippen LogP contribution in [0.2, 0.25) is 0 Å². The third kappa shape index (κ3) is 4.14. The van der Waals surface area contributed by atoms with Crippen molar-refractivity contribution in [2.24, 2.45) is 0 Å². The Bertz CT molecular complexity index is 592. The van der Waals surface area contributed by atoms with E-state index in [0.29, 0.717) is 24.7 Å². The minimum atomic E-state index is -0.340. The number of methoxy groups -OCH3 is 2. The van der Waals surface area contributed by atoms with Gasteiger partial charge in [0.1, 0.15) is 5.37 Å². The van der Waals surface area contributed by atoms with Gasteiger partial charge >= 0.3 is 5.97 Å². The van der Waals surface area contributed by atoms with E-state index in [-0.39, 0.29) is 30.1 Å². The molecule has 0 aromatic heterocycles. The molecule has 1 fully saturated rings. The van der Waals surface area contributed by atoms with Gasteiger partial charge in [-0.25, -0.2) is 0 Å². The maximum Gasteiger partial charge on any atom is 0.306 e. The van der Waals surface area contributed by atoms with Crippen LogP contribution in [0.15, 0.2) is 18.2 Å². The van der Waals surface area contributed by atoms with Crippen LogP contribution < -0.4 is 9.47 Å². The fourth-order valence-corrected chi connectivity index (χ4v) is 3.97. The monoisotopic (exact) mass is 353 g/mol. The van der Waals surface area contributed by atoms with Crippen LogP contribution >= 0.6 is 11.8 Å². The smallest absolute Gasteiger partial charge is 0.306 e. The zero-order valence-corrected chi connectivity index (χ0v) is 15.1. The molecule has 0 bridgehead atoms. The summed E-state index contributed by atoms with van der Waals surface area (Å²) in [6, 6.07) is 5.65. The SMILES string of the molecule is CCOC(=O)CCC(=O)N1CCS[C@@H]1c1cccc(OC)c1OC. The van der Waals surface area contributed by atoms with Crippen molar-refractivity contribution in [1.82, 2.24) is 4.90 Å². The predicted octanol–water partition coefficient (Wildman–Crippen LogP) is 2.62. The van der Waals surface area contributed by atoms with Crippen molar-refractivity contribution >= 4 is 23.6 Å². The highest BCUT2D eigenvalue weighted by Crippen LogP contribution is 2.45. The van der Waals surface area contributed by atoms with Crippen LogP contribution in [0.1, 0.15) is 30.7 Å². The van der Waals surface area contributed by atoms with E-state index < -0.39 is 0 Å². The number of benzene rings is 1. The molecule has 7 heteroatoms. The van der Waals surface area contributed by atoms with Gasteiger partial charge in [0.05, 0.1) is 27.2 Å². The number of para-hydroxylation sites is 1. The Balaban J connectivity index is 2.13. The van der Waals surface area contributed by atoms with E-state index in [2.05, 4.69) is 0 Å². The van der Waals surface area contributed by atoms with Crippen LogP contribution in [0.5, 0.6) is 11.5 Å². The summed E-state index contributed by atoms with van der Waals surface area (Å²) in [7, 11) is 3.18. The number of hydrogen-bond acceptors (Lipinski definition) is 6. The molecule has 132 valence electrons. The molecule has 1 aliphatic rings. The van der Waals surface area contributed by atoms with Gasteiger partial charge < -0.3 is 19.1 Å². The lowest BCUT2D eigenvalue weighted by molar-refractivity contribution is -0.145. The van der Waals surface area contributed by atoms with E-state index in [4.69, 9.17) is 14.2 Å². The van der Waals surface area contributed by atoms with Crippen molar-refractivity contribution in [3.05, 3.63) is 23.8 Å². The van der Waals surface area contributed by atoms with Crippen LogP contribution in [-0.4, -0.2) is 49.9 Å².